The van der Waals surface area contributed by atoms with E-state index in [2.05, 4.69) is 21.2 Å². The topological polar surface area (TPSA) is 46.2 Å². The molecule has 0 radical (unpaired) electrons. The first-order chi connectivity index (χ1) is 7.87. The molecule has 1 aromatic rings. The lowest BCUT2D eigenvalue weighted by molar-refractivity contribution is 0.530. The highest BCUT2D eigenvalue weighted by Crippen LogP contribution is 2.22. The molecule has 0 aromatic heterocycles. The minimum Gasteiger partial charge on any atom is -0.317 e. The first kappa shape index (κ1) is 14.7. The van der Waals surface area contributed by atoms with E-state index in [1.165, 1.54) is 0 Å². The highest BCUT2D eigenvalue weighted by atomic mass is 79.9. The second kappa shape index (κ2) is 5.98. The average molecular weight is 320 g/mol. The number of benzene rings is 1. The van der Waals surface area contributed by atoms with Crippen LogP contribution in [0.2, 0.25) is 0 Å². The van der Waals surface area contributed by atoms with E-state index in [1.807, 2.05) is 20.0 Å². The molecular formula is C12H18BrNO2S. The maximum atomic E-state index is 12.3. The van der Waals surface area contributed by atoms with Crippen molar-refractivity contribution in [2.75, 3.05) is 7.05 Å². The number of hydrogen-bond acceptors (Lipinski definition) is 3. The third-order valence-electron chi connectivity index (χ3n) is 2.83. The molecule has 96 valence electrons. The van der Waals surface area contributed by atoms with Crippen LogP contribution in [0.1, 0.15) is 20.3 Å². The number of halogens is 1. The predicted octanol–water partition coefficient (Wildman–Crippen LogP) is 2.61. The van der Waals surface area contributed by atoms with Crippen LogP contribution in [0.3, 0.4) is 0 Å². The van der Waals surface area contributed by atoms with E-state index in [0.717, 1.165) is 4.47 Å². The van der Waals surface area contributed by atoms with E-state index in [-0.39, 0.29) is 11.3 Å². The highest BCUT2D eigenvalue weighted by Gasteiger charge is 2.24. The van der Waals surface area contributed by atoms with Crippen LogP contribution in [0.5, 0.6) is 0 Å². The van der Waals surface area contributed by atoms with Crippen LogP contribution in [-0.4, -0.2) is 26.8 Å². The van der Waals surface area contributed by atoms with Gasteiger partial charge in [-0.05, 0) is 45.5 Å². The first-order valence-electron chi connectivity index (χ1n) is 5.54. The van der Waals surface area contributed by atoms with Gasteiger partial charge in [0.05, 0.1) is 10.1 Å². The molecule has 0 amide bonds. The number of hydrogen-bond donors (Lipinski definition) is 1. The standard InChI is InChI=1S/C12H18BrNO2S/c1-9(14-3)7-10(2)17(15,16)12-6-4-5-11(13)8-12/h4-6,8-10,14H,7H2,1-3H3. The zero-order valence-electron chi connectivity index (χ0n) is 10.3. The molecule has 3 nitrogen and oxygen atoms in total. The van der Waals surface area contributed by atoms with Gasteiger partial charge in [0.2, 0.25) is 0 Å². The fourth-order valence-corrected chi connectivity index (χ4v) is 3.74. The van der Waals surface area contributed by atoms with E-state index < -0.39 is 9.84 Å². The average Bonchev–Trinajstić information content (AvgIpc) is 2.28. The molecule has 0 aliphatic carbocycles. The minimum atomic E-state index is -3.24. The predicted molar refractivity (Wildman–Crippen MR) is 73.9 cm³/mol. The zero-order valence-corrected chi connectivity index (χ0v) is 12.7. The molecule has 1 rings (SSSR count). The van der Waals surface area contributed by atoms with Crippen molar-refractivity contribution in [3.8, 4) is 0 Å². The number of sulfone groups is 1. The molecule has 0 fully saturated rings. The van der Waals surface area contributed by atoms with Gasteiger partial charge in [-0.3, -0.25) is 0 Å². The molecule has 0 saturated carbocycles. The summed E-state index contributed by atoms with van der Waals surface area (Å²) < 4.78 is 25.4. The molecule has 1 N–H and O–H groups in total. The van der Waals surface area contributed by atoms with Crippen LogP contribution in [0.25, 0.3) is 0 Å². The van der Waals surface area contributed by atoms with Gasteiger partial charge in [-0.25, -0.2) is 8.42 Å². The van der Waals surface area contributed by atoms with E-state index in [0.29, 0.717) is 11.3 Å². The van der Waals surface area contributed by atoms with Gasteiger partial charge in [-0.2, -0.15) is 0 Å². The summed E-state index contributed by atoms with van der Waals surface area (Å²) in [6, 6.07) is 7.04. The Morgan fingerprint density at radius 2 is 2.00 bits per heavy atom. The number of nitrogens with one attached hydrogen (secondary N) is 1. The maximum absolute atomic E-state index is 12.3. The third kappa shape index (κ3) is 3.79. The summed E-state index contributed by atoms with van der Waals surface area (Å²) in [7, 11) is -1.40. The van der Waals surface area contributed by atoms with E-state index >= 15 is 0 Å². The Morgan fingerprint density at radius 1 is 1.35 bits per heavy atom. The Kier molecular flexibility index (Phi) is 5.16. The van der Waals surface area contributed by atoms with Crippen molar-refractivity contribution in [3.05, 3.63) is 28.7 Å². The lowest BCUT2D eigenvalue weighted by atomic mass is 10.2. The van der Waals surface area contributed by atoms with Gasteiger partial charge in [-0.15, -0.1) is 0 Å². The molecule has 5 heteroatoms. The number of rotatable bonds is 5. The van der Waals surface area contributed by atoms with Crippen molar-refractivity contribution in [2.24, 2.45) is 0 Å². The summed E-state index contributed by atoms with van der Waals surface area (Å²) in [5.41, 5.74) is 0. The molecule has 0 bridgehead atoms. The molecule has 0 heterocycles. The first-order valence-corrected chi connectivity index (χ1v) is 7.88. The summed E-state index contributed by atoms with van der Waals surface area (Å²) in [5.74, 6) is 0. The molecule has 1 aromatic carbocycles. The van der Waals surface area contributed by atoms with Crippen molar-refractivity contribution in [1.82, 2.24) is 5.32 Å². The normalized spacial score (nSPS) is 15.5. The molecule has 0 saturated heterocycles. The van der Waals surface area contributed by atoms with Crippen LogP contribution in [0, 0.1) is 0 Å². The van der Waals surface area contributed by atoms with Crippen LogP contribution in [-0.2, 0) is 9.84 Å². The summed E-state index contributed by atoms with van der Waals surface area (Å²) >= 11 is 3.29. The van der Waals surface area contributed by atoms with E-state index in [9.17, 15) is 8.42 Å². The summed E-state index contributed by atoms with van der Waals surface area (Å²) in [6.45, 7) is 3.73. The van der Waals surface area contributed by atoms with Gasteiger partial charge in [0.1, 0.15) is 0 Å². The summed E-state index contributed by atoms with van der Waals surface area (Å²) in [6.07, 6.45) is 0.603. The van der Waals surface area contributed by atoms with E-state index in [4.69, 9.17) is 0 Å². The van der Waals surface area contributed by atoms with E-state index in [1.54, 1.807) is 25.1 Å². The fourth-order valence-electron chi connectivity index (χ4n) is 1.62. The largest absolute Gasteiger partial charge is 0.317 e. The van der Waals surface area contributed by atoms with Gasteiger partial charge in [0, 0.05) is 10.5 Å². The summed E-state index contributed by atoms with van der Waals surface area (Å²) in [5, 5.41) is 2.67. The SMILES string of the molecule is CNC(C)CC(C)S(=O)(=O)c1cccc(Br)c1. The lowest BCUT2D eigenvalue weighted by Gasteiger charge is -2.17. The Balaban J connectivity index is 2.95. The van der Waals surface area contributed by atoms with Crippen molar-refractivity contribution < 1.29 is 8.42 Å². The zero-order chi connectivity index (χ0) is 13.1. The summed E-state index contributed by atoms with van der Waals surface area (Å²) in [4.78, 5) is 0.377. The monoisotopic (exact) mass is 319 g/mol. The van der Waals surface area contributed by atoms with Gasteiger partial charge < -0.3 is 5.32 Å². The molecule has 0 aliphatic rings. The Labute approximate surface area is 112 Å². The molecule has 0 aliphatic heterocycles. The van der Waals surface area contributed by atoms with Crippen LogP contribution in [0.15, 0.2) is 33.6 Å². The van der Waals surface area contributed by atoms with Crippen LogP contribution in [0.4, 0.5) is 0 Å². The molecular weight excluding hydrogens is 302 g/mol. The quantitative estimate of drug-likeness (QED) is 0.907. The van der Waals surface area contributed by atoms with Crippen LogP contribution >= 0.6 is 15.9 Å². The van der Waals surface area contributed by atoms with Crippen LogP contribution < -0.4 is 5.32 Å². The highest BCUT2D eigenvalue weighted by molar-refractivity contribution is 9.10. The molecule has 17 heavy (non-hydrogen) atoms. The molecule has 2 atom stereocenters. The molecule has 0 spiro atoms. The fraction of sp³-hybridized carbons (Fsp3) is 0.500. The molecule has 2 unspecified atom stereocenters. The van der Waals surface area contributed by atoms with Gasteiger partial charge >= 0.3 is 0 Å². The Morgan fingerprint density at radius 3 is 2.53 bits per heavy atom. The maximum Gasteiger partial charge on any atom is 0.181 e. The van der Waals surface area contributed by atoms with Crippen molar-refractivity contribution >= 4 is 25.8 Å². The van der Waals surface area contributed by atoms with Gasteiger partial charge in [-0.1, -0.05) is 22.0 Å². The van der Waals surface area contributed by atoms with Crippen molar-refractivity contribution in [2.45, 2.75) is 36.5 Å². The third-order valence-corrected chi connectivity index (χ3v) is 5.49. The lowest BCUT2D eigenvalue weighted by Crippen LogP contribution is -2.29. The van der Waals surface area contributed by atoms with Gasteiger partial charge in [0.15, 0.2) is 9.84 Å². The Hall–Kier alpha value is -0.390. The Bertz CT molecular complexity index is 473. The van der Waals surface area contributed by atoms with Crippen molar-refractivity contribution in [3.63, 3.8) is 0 Å². The smallest absolute Gasteiger partial charge is 0.181 e. The minimum absolute atomic E-state index is 0.187. The van der Waals surface area contributed by atoms with Gasteiger partial charge in [0.25, 0.3) is 0 Å². The van der Waals surface area contributed by atoms with Crippen molar-refractivity contribution in [1.29, 1.82) is 0 Å². The second-order valence-electron chi connectivity index (χ2n) is 4.24. The second-order valence-corrected chi connectivity index (χ2v) is 7.52.